The number of aromatic amines is 1. The highest BCUT2D eigenvalue weighted by atomic mass is 35.5. The maximum absolute atomic E-state index is 6.15. The maximum atomic E-state index is 6.15. The number of rotatable bonds is 4. The number of benzene rings is 2. The van der Waals surface area contributed by atoms with Crippen molar-refractivity contribution >= 4 is 34.3 Å². The van der Waals surface area contributed by atoms with E-state index in [4.69, 9.17) is 11.6 Å². The molecular formula is C17H17ClN2S. The van der Waals surface area contributed by atoms with E-state index in [0.29, 0.717) is 0 Å². The van der Waals surface area contributed by atoms with E-state index in [1.807, 2.05) is 19.2 Å². The van der Waals surface area contributed by atoms with E-state index in [-0.39, 0.29) is 0 Å². The van der Waals surface area contributed by atoms with E-state index in [9.17, 15) is 0 Å². The Labute approximate surface area is 133 Å². The molecule has 0 atom stereocenters. The van der Waals surface area contributed by atoms with Gasteiger partial charge in [-0.2, -0.15) is 0 Å². The molecule has 0 amide bonds. The van der Waals surface area contributed by atoms with E-state index >= 15 is 0 Å². The van der Waals surface area contributed by atoms with Crippen molar-refractivity contribution in [2.45, 2.75) is 23.3 Å². The first-order valence-corrected chi connectivity index (χ1v) is 8.05. The molecule has 0 aliphatic carbocycles. The lowest BCUT2D eigenvalue weighted by Crippen LogP contribution is -2.05. The minimum atomic E-state index is 0.771. The molecule has 0 fully saturated rings. The molecule has 0 saturated carbocycles. The number of fused-ring (bicyclic) bond motifs is 1. The van der Waals surface area contributed by atoms with Gasteiger partial charge in [-0.1, -0.05) is 41.6 Å². The van der Waals surface area contributed by atoms with Gasteiger partial charge in [0, 0.05) is 38.5 Å². The summed E-state index contributed by atoms with van der Waals surface area (Å²) in [5.41, 5.74) is 3.70. The third-order valence-corrected chi connectivity index (χ3v) is 4.81. The van der Waals surface area contributed by atoms with Crippen LogP contribution >= 0.6 is 23.4 Å². The number of H-pyrrole nitrogens is 1. The highest BCUT2D eigenvalue weighted by Crippen LogP contribution is 2.36. The van der Waals surface area contributed by atoms with Crippen molar-refractivity contribution in [1.82, 2.24) is 10.3 Å². The number of aromatic nitrogens is 1. The molecule has 4 heteroatoms. The molecule has 2 N–H and O–H groups in total. The molecule has 108 valence electrons. The van der Waals surface area contributed by atoms with Gasteiger partial charge >= 0.3 is 0 Å². The van der Waals surface area contributed by atoms with Crippen LogP contribution in [0.1, 0.15) is 11.1 Å². The van der Waals surface area contributed by atoms with Crippen LogP contribution in [0.4, 0.5) is 0 Å². The van der Waals surface area contributed by atoms with Crippen molar-refractivity contribution in [2.24, 2.45) is 0 Å². The smallest absolute Gasteiger partial charge is 0.0468 e. The number of halogens is 1. The van der Waals surface area contributed by atoms with Gasteiger partial charge in [0.15, 0.2) is 0 Å². The number of hydrogen-bond donors (Lipinski definition) is 2. The SMILES string of the molecule is CNCc1ccc(Cl)cc1Sc1c[nH]c2cc(C)ccc12. The highest BCUT2D eigenvalue weighted by molar-refractivity contribution is 7.99. The van der Waals surface area contributed by atoms with Crippen LogP contribution in [0.15, 0.2) is 52.4 Å². The average molecular weight is 317 g/mol. The summed E-state index contributed by atoms with van der Waals surface area (Å²) in [7, 11) is 1.96. The van der Waals surface area contributed by atoms with Gasteiger partial charge in [0.25, 0.3) is 0 Å². The molecule has 0 aliphatic rings. The zero-order chi connectivity index (χ0) is 14.8. The van der Waals surface area contributed by atoms with Crippen molar-refractivity contribution < 1.29 is 0 Å². The maximum Gasteiger partial charge on any atom is 0.0468 e. The van der Waals surface area contributed by atoms with Crippen molar-refractivity contribution in [1.29, 1.82) is 0 Å². The van der Waals surface area contributed by atoms with Gasteiger partial charge in [-0.15, -0.1) is 0 Å². The Kier molecular flexibility index (Phi) is 4.24. The molecule has 1 heterocycles. The van der Waals surface area contributed by atoms with Crippen LogP contribution in [0, 0.1) is 6.92 Å². The lowest BCUT2D eigenvalue weighted by Gasteiger charge is -2.09. The summed E-state index contributed by atoms with van der Waals surface area (Å²) in [4.78, 5) is 5.77. The second-order valence-corrected chi connectivity index (χ2v) is 6.61. The monoisotopic (exact) mass is 316 g/mol. The van der Waals surface area contributed by atoms with E-state index < -0.39 is 0 Å². The first kappa shape index (κ1) is 14.5. The number of nitrogens with one attached hydrogen (secondary N) is 2. The fourth-order valence-corrected chi connectivity index (χ4v) is 3.71. The highest BCUT2D eigenvalue weighted by Gasteiger charge is 2.09. The quantitative estimate of drug-likeness (QED) is 0.709. The topological polar surface area (TPSA) is 27.8 Å². The normalized spacial score (nSPS) is 11.2. The van der Waals surface area contributed by atoms with Gasteiger partial charge in [0.1, 0.15) is 0 Å². The fraction of sp³-hybridized carbons (Fsp3) is 0.176. The molecule has 2 nitrogen and oxygen atoms in total. The second kappa shape index (κ2) is 6.14. The Hall–Kier alpha value is -1.42. The molecule has 0 aliphatic heterocycles. The predicted molar refractivity (Wildman–Crippen MR) is 91.4 cm³/mol. The first-order valence-electron chi connectivity index (χ1n) is 6.86. The average Bonchev–Trinajstić information content (AvgIpc) is 2.84. The number of hydrogen-bond acceptors (Lipinski definition) is 2. The Morgan fingerprint density at radius 2 is 2.00 bits per heavy atom. The van der Waals surface area contributed by atoms with Gasteiger partial charge < -0.3 is 10.3 Å². The van der Waals surface area contributed by atoms with Crippen LogP contribution in [0.3, 0.4) is 0 Å². The van der Waals surface area contributed by atoms with Crippen molar-refractivity contribution in [3.05, 3.63) is 58.7 Å². The molecule has 21 heavy (non-hydrogen) atoms. The Bertz CT molecular complexity index is 780. The predicted octanol–water partition coefficient (Wildman–Crippen LogP) is 5.00. The lowest BCUT2D eigenvalue weighted by atomic mass is 10.2. The van der Waals surface area contributed by atoms with Gasteiger partial charge in [-0.05, 0) is 43.3 Å². The largest absolute Gasteiger partial charge is 0.360 e. The summed E-state index contributed by atoms with van der Waals surface area (Å²) in [6.45, 7) is 2.94. The van der Waals surface area contributed by atoms with E-state index in [2.05, 4.69) is 47.7 Å². The van der Waals surface area contributed by atoms with Crippen molar-refractivity contribution in [3.63, 3.8) is 0 Å². The Morgan fingerprint density at radius 3 is 2.81 bits per heavy atom. The lowest BCUT2D eigenvalue weighted by molar-refractivity contribution is 0.803. The first-order chi connectivity index (χ1) is 10.2. The van der Waals surface area contributed by atoms with Gasteiger partial charge in [0.05, 0.1) is 0 Å². The summed E-state index contributed by atoms with van der Waals surface area (Å²) >= 11 is 7.91. The van der Waals surface area contributed by atoms with Crippen LogP contribution in [-0.2, 0) is 6.54 Å². The van der Waals surface area contributed by atoms with E-state index in [1.165, 1.54) is 31.8 Å². The molecule has 1 aromatic heterocycles. The molecule has 0 bridgehead atoms. The molecule has 3 aromatic rings. The molecule has 0 radical (unpaired) electrons. The van der Waals surface area contributed by atoms with Crippen LogP contribution in [-0.4, -0.2) is 12.0 Å². The molecule has 0 unspecified atom stereocenters. The van der Waals surface area contributed by atoms with Crippen LogP contribution in [0.5, 0.6) is 0 Å². The fourth-order valence-electron chi connectivity index (χ4n) is 2.38. The van der Waals surface area contributed by atoms with E-state index in [0.717, 1.165) is 11.6 Å². The molecule has 0 spiro atoms. The summed E-state index contributed by atoms with van der Waals surface area (Å²) in [5, 5.41) is 5.23. The minimum Gasteiger partial charge on any atom is -0.360 e. The molecule has 3 rings (SSSR count). The minimum absolute atomic E-state index is 0.771. The Morgan fingerprint density at radius 1 is 1.14 bits per heavy atom. The van der Waals surface area contributed by atoms with Gasteiger partial charge in [-0.25, -0.2) is 0 Å². The Balaban J connectivity index is 2.00. The summed E-state index contributed by atoms with van der Waals surface area (Å²) in [6.07, 6.45) is 2.07. The van der Waals surface area contributed by atoms with Crippen molar-refractivity contribution in [2.75, 3.05) is 7.05 Å². The van der Waals surface area contributed by atoms with Crippen LogP contribution < -0.4 is 5.32 Å². The standard InChI is InChI=1S/C17H17ClN2S/c1-11-3-6-14-15(7-11)20-10-17(14)21-16-8-13(18)5-4-12(16)9-19-2/h3-8,10,19-20H,9H2,1-2H3. The number of aryl methyl sites for hydroxylation is 1. The van der Waals surface area contributed by atoms with Gasteiger partial charge in [-0.3, -0.25) is 0 Å². The van der Waals surface area contributed by atoms with E-state index in [1.54, 1.807) is 11.8 Å². The second-order valence-electron chi connectivity index (χ2n) is 5.09. The van der Waals surface area contributed by atoms with Crippen LogP contribution in [0.2, 0.25) is 5.02 Å². The van der Waals surface area contributed by atoms with Crippen molar-refractivity contribution in [3.8, 4) is 0 Å². The zero-order valence-corrected chi connectivity index (χ0v) is 13.6. The molecular weight excluding hydrogens is 300 g/mol. The summed E-state index contributed by atoms with van der Waals surface area (Å²) < 4.78 is 0. The summed E-state index contributed by atoms with van der Waals surface area (Å²) in [5.74, 6) is 0. The molecule has 2 aromatic carbocycles. The van der Waals surface area contributed by atoms with Gasteiger partial charge in [0.2, 0.25) is 0 Å². The third kappa shape index (κ3) is 3.10. The van der Waals surface area contributed by atoms with Crippen LogP contribution in [0.25, 0.3) is 10.9 Å². The summed E-state index contributed by atoms with van der Waals surface area (Å²) in [6, 6.07) is 12.5. The molecule has 0 saturated heterocycles. The third-order valence-electron chi connectivity index (χ3n) is 3.42. The zero-order valence-electron chi connectivity index (χ0n) is 12.0.